The van der Waals surface area contributed by atoms with Gasteiger partial charge in [-0.15, -0.1) is 0 Å². The summed E-state index contributed by atoms with van der Waals surface area (Å²) in [5.41, 5.74) is -0.112. The summed E-state index contributed by atoms with van der Waals surface area (Å²) in [7, 11) is 0. The molecular formula is C15H11ClF5N3O3. The van der Waals surface area contributed by atoms with Crippen molar-refractivity contribution >= 4 is 41.2 Å². The van der Waals surface area contributed by atoms with Crippen LogP contribution in [0.1, 0.15) is 6.42 Å². The van der Waals surface area contributed by atoms with Gasteiger partial charge in [-0.05, 0) is 12.5 Å². The van der Waals surface area contributed by atoms with Crippen molar-refractivity contribution in [2.75, 3.05) is 18.4 Å². The number of carbonyl (C=O) groups is 3. The van der Waals surface area contributed by atoms with E-state index in [2.05, 4.69) is 10.3 Å². The smallest absolute Gasteiger partial charge is 0.334 e. The predicted molar refractivity (Wildman–Crippen MR) is 84.2 cm³/mol. The highest BCUT2D eigenvalue weighted by Crippen LogP contribution is 2.24. The Kier molecular flexibility index (Phi) is 6.14. The van der Waals surface area contributed by atoms with Crippen LogP contribution in [0.4, 0.5) is 27.6 Å². The van der Waals surface area contributed by atoms with Crippen molar-refractivity contribution in [2.45, 2.75) is 12.6 Å². The quantitative estimate of drug-likeness (QED) is 0.351. The zero-order valence-corrected chi connectivity index (χ0v) is 14.1. The highest BCUT2D eigenvalue weighted by atomic mass is 35.5. The van der Waals surface area contributed by atoms with Gasteiger partial charge >= 0.3 is 18.0 Å². The lowest BCUT2D eigenvalue weighted by Crippen LogP contribution is -2.35. The fraction of sp³-hybridized carbons (Fsp3) is 0.333. The van der Waals surface area contributed by atoms with Crippen molar-refractivity contribution in [2.24, 2.45) is 10.9 Å². The molecule has 1 atom stereocenters. The molecule has 3 amide bonds. The van der Waals surface area contributed by atoms with Crippen LogP contribution in [0, 0.1) is 17.6 Å². The molecule has 27 heavy (non-hydrogen) atoms. The second-order valence-corrected chi connectivity index (χ2v) is 5.99. The van der Waals surface area contributed by atoms with Crippen LogP contribution in [-0.4, -0.2) is 48.1 Å². The van der Waals surface area contributed by atoms with Gasteiger partial charge in [0.25, 0.3) is 0 Å². The Morgan fingerprint density at radius 2 is 1.93 bits per heavy atom. The number of amides is 3. The lowest BCUT2D eigenvalue weighted by atomic mass is 10.1. The minimum absolute atomic E-state index is 0.0528. The van der Waals surface area contributed by atoms with Crippen LogP contribution >= 0.6 is 11.6 Å². The van der Waals surface area contributed by atoms with E-state index in [4.69, 9.17) is 11.6 Å². The number of carbonyl (C=O) groups excluding carboxylic acids is 3. The number of rotatable bonds is 2. The first-order chi connectivity index (χ1) is 12.5. The standard InChI is InChI=1S/C15H11ClF5N3O3/c16-9-3-8(4-10(17)11(9)18)23-12(25)7-1-2-24(5-7)14(27)13(26)22-6-15(19,20)21/h3-4,6-7H,1-2,5H2,(H,23,25)/b22-6+/t7-/m0/s1. The molecule has 0 radical (unpaired) electrons. The van der Waals surface area contributed by atoms with Gasteiger partial charge in [0.05, 0.1) is 10.9 Å². The maximum Gasteiger partial charge on any atom is 0.426 e. The third-order valence-electron chi connectivity index (χ3n) is 3.61. The Labute approximate surface area is 154 Å². The molecule has 1 aromatic rings. The summed E-state index contributed by atoms with van der Waals surface area (Å²) in [5.74, 6) is -6.89. The molecule has 0 aromatic heterocycles. The van der Waals surface area contributed by atoms with E-state index in [-0.39, 0.29) is 25.2 Å². The number of likely N-dealkylation sites (tertiary alicyclic amines) is 1. The van der Waals surface area contributed by atoms with Gasteiger partial charge in [0, 0.05) is 24.8 Å². The first-order valence-corrected chi connectivity index (χ1v) is 7.76. The van der Waals surface area contributed by atoms with Gasteiger partial charge in [-0.2, -0.15) is 13.2 Å². The van der Waals surface area contributed by atoms with Crippen molar-refractivity contribution in [3.63, 3.8) is 0 Å². The summed E-state index contributed by atoms with van der Waals surface area (Å²) < 4.78 is 62.3. The molecule has 1 aliphatic rings. The number of halogens is 6. The zero-order chi connectivity index (χ0) is 20.4. The molecule has 0 saturated carbocycles. The number of alkyl halides is 3. The topological polar surface area (TPSA) is 78.8 Å². The summed E-state index contributed by atoms with van der Waals surface area (Å²) in [6.07, 6.45) is -5.32. The van der Waals surface area contributed by atoms with Crippen molar-refractivity contribution < 1.29 is 36.3 Å². The normalized spacial score (nSPS) is 17.4. The van der Waals surface area contributed by atoms with E-state index in [1.165, 1.54) is 0 Å². The number of benzene rings is 1. The van der Waals surface area contributed by atoms with E-state index < -0.39 is 52.7 Å². The molecular weight excluding hydrogens is 401 g/mol. The van der Waals surface area contributed by atoms with Gasteiger partial charge in [-0.25, -0.2) is 13.8 Å². The van der Waals surface area contributed by atoms with E-state index in [1.807, 2.05) is 0 Å². The van der Waals surface area contributed by atoms with E-state index in [0.717, 1.165) is 11.0 Å². The Balaban J connectivity index is 1.97. The third kappa shape index (κ3) is 5.46. The Morgan fingerprint density at radius 1 is 1.26 bits per heavy atom. The predicted octanol–water partition coefficient (Wildman–Crippen LogP) is 2.56. The largest absolute Gasteiger partial charge is 0.426 e. The minimum Gasteiger partial charge on any atom is -0.334 e. The number of hydrogen-bond acceptors (Lipinski definition) is 3. The molecule has 1 heterocycles. The highest BCUT2D eigenvalue weighted by molar-refractivity contribution is 6.36. The van der Waals surface area contributed by atoms with Gasteiger partial charge in [0.2, 0.25) is 5.91 Å². The zero-order valence-electron chi connectivity index (χ0n) is 13.3. The lowest BCUT2D eigenvalue weighted by molar-refractivity contribution is -0.143. The summed E-state index contributed by atoms with van der Waals surface area (Å²) >= 11 is 5.47. The van der Waals surface area contributed by atoms with Crippen LogP contribution in [0.3, 0.4) is 0 Å². The van der Waals surface area contributed by atoms with Crippen molar-refractivity contribution in [1.82, 2.24) is 4.90 Å². The van der Waals surface area contributed by atoms with Gasteiger partial charge in [0.15, 0.2) is 11.6 Å². The molecule has 0 spiro atoms. The van der Waals surface area contributed by atoms with Crippen molar-refractivity contribution in [3.8, 4) is 0 Å². The van der Waals surface area contributed by atoms with Crippen molar-refractivity contribution in [3.05, 3.63) is 28.8 Å². The fourth-order valence-electron chi connectivity index (χ4n) is 2.35. The first kappa shape index (κ1) is 20.7. The van der Waals surface area contributed by atoms with Gasteiger partial charge in [-0.1, -0.05) is 11.6 Å². The highest BCUT2D eigenvalue weighted by Gasteiger charge is 2.34. The summed E-state index contributed by atoms with van der Waals surface area (Å²) in [6, 6.07) is 1.71. The van der Waals surface area contributed by atoms with Crippen LogP contribution in [-0.2, 0) is 14.4 Å². The van der Waals surface area contributed by atoms with E-state index in [9.17, 15) is 36.3 Å². The number of hydrogen-bond donors (Lipinski definition) is 1. The number of nitrogens with zero attached hydrogens (tertiary/aromatic N) is 2. The molecule has 1 aliphatic heterocycles. The van der Waals surface area contributed by atoms with Crippen LogP contribution in [0.2, 0.25) is 5.02 Å². The molecule has 0 unspecified atom stereocenters. The van der Waals surface area contributed by atoms with Crippen LogP contribution in [0.15, 0.2) is 17.1 Å². The van der Waals surface area contributed by atoms with E-state index >= 15 is 0 Å². The number of aliphatic imine (C=N–C) groups is 1. The maximum atomic E-state index is 13.3. The SMILES string of the molecule is O=C(/N=C/C(F)(F)F)C(=O)N1CC[C@H](C(=O)Nc2cc(F)c(F)c(Cl)c2)C1. The van der Waals surface area contributed by atoms with Crippen LogP contribution in [0.25, 0.3) is 0 Å². The summed E-state index contributed by atoms with van der Waals surface area (Å²) in [4.78, 5) is 38.7. The van der Waals surface area contributed by atoms with Crippen LogP contribution in [0.5, 0.6) is 0 Å². The molecule has 1 saturated heterocycles. The fourth-order valence-corrected chi connectivity index (χ4v) is 2.56. The average Bonchev–Trinajstić information content (AvgIpc) is 3.06. The Morgan fingerprint density at radius 3 is 2.52 bits per heavy atom. The molecule has 0 aliphatic carbocycles. The molecule has 6 nitrogen and oxygen atoms in total. The Bertz CT molecular complexity index is 789. The molecule has 12 heteroatoms. The Hall–Kier alpha value is -2.56. The van der Waals surface area contributed by atoms with Gasteiger partial charge < -0.3 is 10.2 Å². The van der Waals surface area contributed by atoms with Crippen LogP contribution < -0.4 is 5.32 Å². The monoisotopic (exact) mass is 411 g/mol. The molecule has 1 fully saturated rings. The minimum atomic E-state index is -4.84. The summed E-state index contributed by atoms with van der Waals surface area (Å²) in [5, 5.41) is 1.76. The molecule has 1 N–H and O–H groups in total. The maximum absolute atomic E-state index is 13.3. The summed E-state index contributed by atoms with van der Waals surface area (Å²) in [6.45, 7) is -0.294. The second-order valence-electron chi connectivity index (χ2n) is 5.58. The van der Waals surface area contributed by atoms with E-state index in [0.29, 0.717) is 6.07 Å². The third-order valence-corrected chi connectivity index (χ3v) is 3.88. The molecule has 1 aromatic carbocycles. The first-order valence-electron chi connectivity index (χ1n) is 7.38. The molecule has 0 bridgehead atoms. The van der Waals surface area contributed by atoms with Gasteiger partial charge in [0.1, 0.15) is 6.21 Å². The number of anilines is 1. The molecule has 146 valence electrons. The molecule has 2 rings (SSSR count). The average molecular weight is 412 g/mol. The van der Waals surface area contributed by atoms with Gasteiger partial charge in [-0.3, -0.25) is 14.4 Å². The second kappa shape index (κ2) is 7.99. The number of nitrogens with one attached hydrogen (secondary N) is 1. The van der Waals surface area contributed by atoms with E-state index in [1.54, 1.807) is 0 Å². The lowest BCUT2D eigenvalue weighted by Gasteiger charge is -2.14. The van der Waals surface area contributed by atoms with Crippen molar-refractivity contribution in [1.29, 1.82) is 0 Å².